The summed E-state index contributed by atoms with van der Waals surface area (Å²) in [4.78, 5) is 28.7. The largest absolute Gasteiger partial charge is 0.481 e. The molecule has 0 spiro atoms. The molecular weight excluding hydrogens is 290 g/mol. The van der Waals surface area contributed by atoms with Crippen LogP contribution in [0.25, 0.3) is 0 Å². The van der Waals surface area contributed by atoms with Gasteiger partial charge >= 0.3 is 12.0 Å². The van der Waals surface area contributed by atoms with Crippen molar-refractivity contribution in [1.29, 1.82) is 0 Å². The Balaban J connectivity index is 1.69. The zero-order valence-corrected chi connectivity index (χ0v) is 13.0. The topological polar surface area (TPSA) is 82.5 Å². The minimum Gasteiger partial charge on any atom is -0.481 e. The lowest BCUT2D eigenvalue weighted by atomic mass is 9.92. The van der Waals surface area contributed by atoms with Crippen molar-refractivity contribution in [3.05, 3.63) is 16.1 Å². The highest BCUT2D eigenvalue weighted by molar-refractivity contribution is 7.09. The van der Waals surface area contributed by atoms with Crippen LogP contribution >= 0.6 is 11.3 Å². The minimum absolute atomic E-state index is 0.0580. The van der Waals surface area contributed by atoms with Crippen LogP contribution in [0.15, 0.2) is 5.38 Å². The van der Waals surface area contributed by atoms with Crippen LogP contribution in [-0.2, 0) is 11.3 Å². The average molecular weight is 311 g/mol. The Kier molecular flexibility index (Phi) is 5.55. The summed E-state index contributed by atoms with van der Waals surface area (Å²) in [6.07, 6.45) is 2.70. The Morgan fingerprint density at radius 3 is 2.76 bits per heavy atom. The molecule has 1 fully saturated rings. The van der Waals surface area contributed by atoms with Gasteiger partial charge in [-0.1, -0.05) is 0 Å². The predicted octanol–water partition coefficient (Wildman–Crippen LogP) is 2.24. The highest BCUT2D eigenvalue weighted by Gasteiger charge is 2.23. The Labute approximate surface area is 128 Å². The van der Waals surface area contributed by atoms with Crippen LogP contribution in [0.2, 0.25) is 0 Å². The smallest absolute Gasteiger partial charge is 0.317 e. The molecule has 0 bridgehead atoms. The molecule has 0 radical (unpaired) electrons. The third-order valence-corrected chi connectivity index (χ3v) is 4.58. The van der Waals surface area contributed by atoms with Crippen LogP contribution in [0.5, 0.6) is 0 Å². The van der Waals surface area contributed by atoms with Crippen molar-refractivity contribution in [3.63, 3.8) is 0 Å². The van der Waals surface area contributed by atoms with Crippen molar-refractivity contribution in [1.82, 2.24) is 15.2 Å². The summed E-state index contributed by atoms with van der Waals surface area (Å²) < 4.78 is 0. The number of carboxylic acids is 1. The lowest BCUT2D eigenvalue weighted by Crippen LogP contribution is -2.44. The number of aryl methyl sites for hydroxylation is 1. The molecule has 1 saturated heterocycles. The summed E-state index contributed by atoms with van der Waals surface area (Å²) >= 11 is 1.58. The number of amides is 2. The first-order valence-corrected chi connectivity index (χ1v) is 8.08. The normalized spacial score (nSPS) is 16.0. The second kappa shape index (κ2) is 7.40. The number of carboxylic acid groups (broad SMARTS) is 1. The SMILES string of the molecule is Cc1nc(CNC(=O)N2CCC(CCC(=O)O)CC2)cs1. The highest BCUT2D eigenvalue weighted by Crippen LogP contribution is 2.21. The number of rotatable bonds is 5. The number of nitrogens with zero attached hydrogens (tertiary/aromatic N) is 2. The van der Waals surface area contributed by atoms with Crippen molar-refractivity contribution in [2.24, 2.45) is 5.92 Å². The van der Waals surface area contributed by atoms with Crippen LogP contribution in [-0.4, -0.2) is 40.1 Å². The monoisotopic (exact) mass is 311 g/mol. The summed E-state index contributed by atoms with van der Waals surface area (Å²) in [6.45, 7) is 3.80. The number of hydrogen-bond acceptors (Lipinski definition) is 4. The summed E-state index contributed by atoms with van der Waals surface area (Å²) in [6, 6.07) is -0.0580. The number of nitrogens with one attached hydrogen (secondary N) is 1. The zero-order chi connectivity index (χ0) is 15.2. The van der Waals surface area contributed by atoms with E-state index in [1.807, 2.05) is 12.3 Å². The van der Waals surface area contributed by atoms with Crippen molar-refractivity contribution < 1.29 is 14.7 Å². The maximum Gasteiger partial charge on any atom is 0.317 e. The fraction of sp³-hybridized carbons (Fsp3) is 0.643. The molecule has 0 atom stereocenters. The van der Waals surface area contributed by atoms with E-state index in [4.69, 9.17) is 5.11 Å². The number of likely N-dealkylation sites (tertiary alicyclic amines) is 1. The lowest BCUT2D eigenvalue weighted by Gasteiger charge is -2.31. The third kappa shape index (κ3) is 5.00. The van der Waals surface area contributed by atoms with E-state index in [-0.39, 0.29) is 12.5 Å². The standard InChI is InChI=1S/C14H21N3O3S/c1-10-16-12(9-21-10)8-15-14(20)17-6-4-11(5-7-17)2-3-13(18)19/h9,11H,2-8H2,1H3,(H,15,20)(H,18,19). The molecule has 2 amide bonds. The van der Waals surface area contributed by atoms with Gasteiger partial charge in [0.05, 0.1) is 17.2 Å². The molecule has 1 aromatic heterocycles. The number of aromatic nitrogens is 1. The van der Waals surface area contributed by atoms with E-state index in [0.717, 1.165) is 23.5 Å². The molecule has 1 aromatic rings. The second-order valence-corrected chi connectivity index (χ2v) is 6.44. The van der Waals surface area contributed by atoms with Crippen molar-refractivity contribution in [2.75, 3.05) is 13.1 Å². The predicted molar refractivity (Wildman–Crippen MR) is 80.3 cm³/mol. The highest BCUT2D eigenvalue weighted by atomic mass is 32.1. The summed E-state index contributed by atoms with van der Waals surface area (Å²) in [5.41, 5.74) is 0.891. The van der Waals surface area contributed by atoms with Crippen molar-refractivity contribution >= 4 is 23.3 Å². The van der Waals surface area contributed by atoms with Gasteiger partial charge in [0.1, 0.15) is 0 Å². The Morgan fingerprint density at radius 2 is 2.19 bits per heavy atom. The summed E-state index contributed by atoms with van der Waals surface area (Å²) in [7, 11) is 0. The Bertz CT molecular complexity index is 495. The van der Waals surface area contributed by atoms with E-state index in [1.165, 1.54) is 0 Å². The first-order chi connectivity index (χ1) is 10.0. The van der Waals surface area contributed by atoms with E-state index < -0.39 is 5.97 Å². The van der Waals surface area contributed by atoms with Crippen molar-refractivity contribution in [3.8, 4) is 0 Å². The maximum absolute atomic E-state index is 12.0. The molecule has 0 saturated carbocycles. The van der Waals surface area contributed by atoms with E-state index >= 15 is 0 Å². The van der Waals surface area contributed by atoms with Gasteiger partial charge in [-0.3, -0.25) is 4.79 Å². The fourth-order valence-corrected chi connectivity index (χ4v) is 3.13. The van der Waals surface area contributed by atoms with E-state index in [9.17, 15) is 9.59 Å². The summed E-state index contributed by atoms with van der Waals surface area (Å²) in [5, 5.41) is 14.5. The van der Waals surface area contributed by atoms with Gasteiger partial charge in [-0.2, -0.15) is 0 Å². The van der Waals surface area contributed by atoms with E-state index in [2.05, 4.69) is 10.3 Å². The number of hydrogen-bond donors (Lipinski definition) is 2. The third-order valence-electron chi connectivity index (χ3n) is 3.76. The first-order valence-electron chi connectivity index (χ1n) is 7.20. The quantitative estimate of drug-likeness (QED) is 0.873. The molecule has 7 heteroatoms. The number of carbonyl (C=O) groups excluding carboxylic acids is 1. The fourth-order valence-electron chi connectivity index (χ4n) is 2.52. The molecule has 1 aliphatic heterocycles. The molecule has 6 nitrogen and oxygen atoms in total. The van der Waals surface area contributed by atoms with Crippen LogP contribution in [0.1, 0.15) is 36.4 Å². The van der Waals surface area contributed by atoms with Crippen LogP contribution in [0.3, 0.4) is 0 Å². The van der Waals surface area contributed by atoms with Crippen molar-refractivity contribution in [2.45, 2.75) is 39.2 Å². The molecule has 0 aromatic carbocycles. The first kappa shape index (κ1) is 15.8. The molecule has 2 heterocycles. The Morgan fingerprint density at radius 1 is 1.48 bits per heavy atom. The van der Waals surface area contributed by atoms with Gasteiger partial charge < -0.3 is 15.3 Å². The summed E-state index contributed by atoms with van der Waals surface area (Å²) in [5.74, 6) is -0.319. The second-order valence-electron chi connectivity index (χ2n) is 5.38. The number of thiazole rings is 1. The molecular formula is C14H21N3O3S. The van der Waals surface area contributed by atoms with Crippen LogP contribution in [0.4, 0.5) is 4.79 Å². The number of urea groups is 1. The van der Waals surface area contributed by atoms with Gasteiger partial charge in [-0.25, -0.2) is 9.78 Å². The Hall–Kier alpha value is -1.63. The van der Waals surface area contributed by atoms with Gasteiger partial charge in [0.15, 0.2) is 0 Å². The van der Waals surface area contributed by atoms with Gasteiger partial charge in [0, 0.05) is 24.9 Å². The molecule has 21 heavy (non-hydrogen) atoms. The van der Waals surface area contributed by atoms with Gasteiger partial charge in [-0.15, -0.1) is 11.3 Å². The molecule has 116 valence electrons. The molecule has 0 unspecified atom stereocenters. The zero-order valence-electron chi connectivity index (χ0n) is 12.2. The molecule has 0 aliphatic carbocycles. The maximum atomic E-state index is 12.0. The van der Waals surface area contributed by atoms with Gasteiger partial charge in [0.2, 0.25) is 0 Å². The van der Waals surface area contributed by atoms with Gasteiger partial charge in [-0.05, 0) is 32.1 Å². The molecule has 2 rings (SSSR count). The van der Waals surface area contributed by atoms with Crippen LogP contribution in [0, 0.1) is 12.8 Å². The minimum atomic E-state index is -0.742. The lowest BCUT2D eigenvalue weighted by molar-refractivity contribution is -0.137. The molecule has 1 aliphatic rings. The van der Waals surface area contributed by atoms with E-state index in [0.29, 0.717) is 32.0 Å². The van der Waals surface area contributed by atoms with Gasteiger partial charge in [0.25, 0.3) is 0 Å². The van der Waals surface area contributed by atoms with E-state index in [1.54, 1.807) is 16.2 Å². The number of carbonyl (C=O) groups is 2. The number of piperidine rings is 1. The average Bonchev–Trinajstić information content (AvgIpc) is 2.89. The van der Waals surface area contributed by atoms with Crippen LogP contribution < -0.4 is 5.32 Å². The molecule has 2 N–H and O–H groups in total. The number of aliphatic carboxylic acids is 1.